The fourth-order valence-electron chi connectivity index (χ4n) is 2.98. The first-order valence-corrected chi connectivity index (χ1v) is 9.14. The number of rotatable bonds is 5. The molecule has 6 heteroatoms. The SMILES string of the molecule is Cc1nc(C)c(CC(=O)N2CCC[C@H](OCc3cccnc3)C2)s1. The largest absolute Gasteiger partial charge is 0.372 e. The Balaban J connectivity index is 1.53. The van der Waals surface area contributed by atoms with E-state index in [1.54, 1.807) is 17.5 Å². The van der Waals surface area contributed by atoms with Crippen LogP contribution in [0.1, 0.15) is 34.0 Å². The predicted molar refractivity (Wildman–Crippen MR) is 93.9 cm³/mol. The molecule has 1 atom stereocenters. The van der Waals surface area contributed by atoms with Crippen molar-refractivity contribution in [1.82, 2.24) is 14.9 Å². The maximum atomic E-state index is 12.6. The summed E-state index contributed by atoms with van der Waals surface area (Å²) in [4.78, 5) is 24.1. The van der Waals surface area contributed by atoms with Crippen molar-refractivity contribution in [2.24, 2.45) is 0 Å². The Hall–Kier alpha value is -1.79. The Kier molecular flexibility index (Phi) is 5.58. The summed E-state index contributed by atoms with van der Waals surface area (Å²) in [6.07, 6.45) is 6.13. The summed E-state index contributed by atoms with van der Waals surface area (Å²) in [6, 6.07) is 3.92. The van der Waals surface area contributed by atoms with Crippen LogP contribution >= 0.6 is 11.3 Å². The molecule has 1 fully saturated rings. The lowest BCUT2D eigenvalue weighted by molar-refractivity contribution is -0.134. The maximum absolute atomic E-state index is 12.6. The summed E-state index contributed by atoms with van der Waals surface area (Å²) in [6.45, 7) is 6.00. The average molecular weight is 345 g/mol. The zero-order chi connectivity index (χ0) is 16.9. The molecule has 1 saturated heterocycles. The van der Waals surface area contributed by atoms with Crippen LogP contribution in [0.3, 0.4) is 0 Å². The monoisotopic (exact) mass is 345 g/mol. The number of likely N-dealkylation sites (tertiary alicyclic amines) is 1. The second kappa shape index (κ2) is 7.85. The van der Waals surface area contributed by atoms with Crippen molar-refractivity contribution in [2.75, 3.05) is 13.1 Å². The van der Waals surface area contributed by atoms with Crippen molar-refractivity contribution in [2.45, 2.75) is 45.8 Å². The summed E-state index contributed by atoms with van der Waals surface area (Å²) >= 11 is 1.62. The number of amides is 1. The Morgan fingerprint density at radius 3 is 3.04 bits per heavy atom. The predicted octanol–water partition coefficient (Wildman–Crippen LogP) is 2.91. The highest BCUT2D eigenvalue weighted by atomic mass is 32.1. The van der Waals surface area contributed by atoms with Gasteiger partial charge in [-0.2, -0.15) is 0 Å². The van der Waals surface area contributed by atoms with Gasteiger partial charge < -0.3 is 9.64 Å². The maximum Gasteiger partial charge on any atom is 0.227 e. The van der Waals surface area contributed by atoms with E-state index < -0.39 is 0 Å². The van der Waals surface area contributed by atoms with E-state index >= 15 is 0 Å². The number of carbonyl (C=O) groups is 1. The summed E-state index contributed by atoms with van der Waals surface area (Å²) in [5.41, 5.74) is 2.05. The summed E-state index contributed by atoms with van der Waals surface area (Å²) in [5.74, 6) is 0.177. The van der Waals surface area contributed by atoms with Gasteiger partial charge in [0, 0.05) is 30.4 Å². The van der Waals surface area contributed by atoms with E-state index in [-0.39, 0.29) is 12.0 Å². The summed E-state index contributed by atoms with van der Waals surface area (Å²) in [7, 11) is 0. The molecule has 0 unspecified atom stereocenters. The van der Waals surface area contributed by atoms with Gasteiger partial charge >= 0.3 is 0 Å². The molecular weight excluding hydrogens is 322 g/mol. The van der Waals surface area contributed by atoms with Crippen molar-refractivity contribution < 1.29 is 9.53 Å². The van der Waals surface area contributed by atoms with Crippen LogP contribution in [0.4, 0.5) is 0 Å². The first kappa shape index (κ1) is 17.0. The molecule has 0 aromatic carbocycles. The van der Waals surface area contributed by atoms with Crippen molar-refractivity contribution >= 4 is 17.2 Å². The molecule has 128 valence electrons. The van der Waals surface area contributed by atoms with Crippen LogP contribution in [0, 0.1) is 13.8 Å². The van der Waals surface area contributed by atoms with Gasteiger partial charge in [0.1, 0.15) is 0 Å². The van der Waals surface area contributed by atoms with Gasteiger partial charge in [-0.25, -0.2) is 4.98 Å². The third-order valence-corrected chi connectivity index (χ3v) is 5.32. The molecule has 0 bridgehead atoms. The number of hydrogen-bond donors (Lipinski definition) is 0. The summed E-state index contributed by atoms with van der Waals surface area (Å²) < 4.78 is 5.98. The van der Waals surface area contributed by atoms with Crippen LogP contribution in [0.5, 0.6) is 0 Å². The third kappa shape index (κ3) is 4.39. The Morgan fingerprint density at radius 2 is 2.33 bits per heavy atom. The smallest absolute Gasteiger partial charge is 0.227 e. The van der Waals surface area contributed by atoms with Crippen LogP contribution in [0.25, 0.3) is 0 Å². The minimum atomic E-state index is 0.104. The quantitative estimate of drug-likeness (QED) is 0.836. The van der Waals surface area contributed by atoms with Crippen LogP contribution in [-0.4, -0.2) is 40.0 Å². The number of thiazole rings is 1. The van der Waals surface area contributed by atoms with E-state index in [4.69, 9.17) is 4.74 Å². The first-order chi connectivity index (χ1) is 11.6. The van der Waals surface area contributed by atoms with Crippen molar-refractivity contribution in [3.05, 3.63) is 45.7 Å². The molecule has 0 spiro atoms. The van der Waals surface area contributed by atoms with E-state index in [0.717, 1.165) is 40.5 Å². The fraction of sp³-hybridized carbons (Fsp3) is 0.500. The first-order valence-electron chi connectivity index (χ1n) is 8.33. The number of piperidine rings is 1. The minimum Gasteiger partial charge on any atom is -0.372 e. The van der Waals surface area contributed by atoms with Crippen LogP contribution in [0.2, 0.25) is 0 Å². The second-order valence-corrected chi connectivity index (χ2v) is 7.48. The number of aromatic nitrogens is 2. The highest BCUT2D eigenvalue weighted by Gasteiger charge is 2.25. The molecule has 24 heavy (non-hydrogen) atoms. The average Bonchev–Trinajstić information content (AvgIpc) is 2.91. The van der Waals surface area contributed by atoms with Crippen LogP contribution in [-0.2, 0) is 22.6 Å². The molecule has 2 aromatic rings. The summed E-state index contributed by atoms with van der Waals surface area (Å²) in [5, 5.41) is 1.02. The molecule has 5 nitrogen and oxygen atoms in total. The molecule has 0 N–H and O–H groups in total. The zero-order valence-corrected chi connectivity index (χ0v) is 15.0. The lowest BCUT2D eigenvalue weighted by Crippen LogP contribution is -2.43. The molecule has 2 aromatic heterocycles. The second-order valence-electron chi connectivity index (χ2n) is 6.19. The number of aryl methyl sites for hydroxylation is 2. The highest BCUT2D eigenvalue weighted by molar-refractivity contribution is 7.11. The number of pyridine rings is 1. The Labute approximate surface area is 146 Å². The number of carbonyl (C=O) groups excluding carboxylic acids is 1. The van der Waals surface area contributed by atoms with Crippen LogP contribution in [0.15, 0.2) is 24.5 Å². The van der Waals surface area contributed by atoms with Gasteiger partial charge in [0.2, 0.25) is 5.91 Å². The standard InChI is InChI=1S/C18H23N3O2S/c1-13-17(24-14(2)20-13)9-18(22)21-8-4-6-16(11-21)23-12-15-5-3-7-19-10-15/h3,5,7,10,16H,4,6,8-9,11-12H2,1-2H3/t16-/m0/s1. The van der Waals surface area contributed by atoms with E-state index in [9.17, 15) is 4.79 Å². The van der Waals surface area contributed by atoms with E-state index in [2.05, 4.69) is 9.97 Å². The zero-order valence-electron chi connectivity index (χ0n) is 14.2. The van der Waals surface area contributed by atoms with E-state index in [1.807, 2.05) is 37.1 Å². The van der Waals surface area contributed by atoms with E-state index in [0.29, 0.717) is 19.6 Å². The molecule has 0 radical (unpaired) electrons. The van der Waals surface area contributed by atoms with Gasteiger partial charge in [-0.05, 0) is 38.3 Å². The van der Waals surface area contributed by atoms with Gasteiger partial charge in [0.05, 0.1) is 29.8 Å². The molecule has 3 rings (SSSR count). The fourth-order valence-corrected chi connectivity index (χ4v) is 3.91. The number of nitrogens with zero attached hydrogens (tertiary/aromatic N) is 3. The lowest BCUT2D eigenvalue weighted by Gasteiger charge is -2.32. The lowest BCUT2D eigenvalue weighted by atomic mass is 10.1. The Morgan fingerprint density at radius 1 is 1.46 bits per heavy atom. The minimum absolute atomic E-state index is 0.104. The third-order valence-electron chi connectivity index (χ3n) is 4.25. The molecule has 1 amide bonds. The van der Waals surface area contributed by atoms with Crippen molar-refractivity contribution in [3.8, 4) is 0 Å². The number of ether oxygens (including phenoxy) is 1. The topological polar surface area (TPSA) is 55.3 Å². The molecule has 1 aliphatic rings. The Bertz CT molecular complexity index is 687. The van der Waals surface area contributed by atoms with Crippen molar-refractivity contribution in [3.63, 3.8) is 0 Å². The van der Waals surface area contributed by atoms with E-state index in [1.165, 1.54) is 0 Å². The highest BCUT2D eigenvalue weighted by Crippen LogP contribution is 2.20. The normalized spacial score (nSPS) is 17.9. The molecule has 1 aliphatic heterocycles. The van der Waals surface area contributed by atoms with Crippen LogP contribution < -0.4 is 0 Å². The van der Waals surface area contributed by atoms with Gasteiger partial charge in [0.25, 0.3) is 0 Å². The molecular formula is C18H23N3O2S. The van der Waals surface area contributed by atoms with Crippen molar-refractivity contribution in [1.29, 1.82) is 0 Å². The molecule has 0 aliphatic carbocycles. The van der Waals surface area contributed by atoms with Gasteiger partial charge in [-0.3, -0.25) is 9.78 Å². The number of hydrogen-bond acceptors (Lipinski definition) is 5. The molecule has 0 saturated carbocycles. The van der Waals surface area contributed by atoms with Gasteiger partial charge in [-0.1, -0.05) is 6.07 Å². The van der Waals surface area contributed by atoms with Gasteiger partial charge in [-0.15, -0.1) is 11.3 Å². The molecule has 3 heterocycles. The van der Waals surface area contributed by atoms with Gasteiger partial charge in [0.15, 0.2) is 0 Å².